The zero-order valence-electron chi connectivity index (χ0n) is 10.7. The summed E-state index contributed by atoms with van der Waals surface area (Å²) in [7, 11) is 2.09. The molecule has 0 N–H and O–H groups in total. The van der Waals surface area contributed by atoms with Crippen LogP contribution in [0.3, 0.4) is 0 Å². The number of hydrogen-bond donors (Lipinski definition) is 0. The molecule has 1 fully saturated rings. The van der Waals surface area contributed by atoms with Gasteiger partial charge in [-0.25, -0.2) is 9.37 Å². The van der Waals surface area contributed by atoms with Crippen molar-refractivity contribution in [2.45, 2.75) is 12.5 Å². The van der Waals surface area contributed by atoms with Crippen LogP contribution in [-0.4, -0.2) is 34.6 Å². The monoisotopic (exact) mass is 279 g/mol. The Bertz CT molecular complexity index is 576. The van der Waals surface area contributed by atoms with Crippen LogP contribution in [0.2, 0.25) is 5.02 Å². The van der Waals surface area contributed by atoms with Crippen LogP contribution in [0.4, 0.5) is 4.39 Å². The first kappa shape index (κ1) is 12.6. The lowest BCUT2D eigenvalue weighted by Gasteiger charge is -2.16. The summed E-state index contributed by atoms with van der Waals surface area (Å²) in [5.41, 5.74) is 0.392. The van der Waals surface area contributed by atoms with Crippen LogP contribution < -0.4 is 0 Å². The highest BCUT2D eigenvalue weighted by Crippen LogP contribution is 2.32. The molecule has 2 aromatic rings. The Labute approximate surface area is 116 Å². The summed E-state index contributed by atoms with van der Waals surface area (Å²) in [4.78, 5) is 6.56. The Hall–Kier alpha value is -1.39. The molecule has 3 nitrogen and oxygen atoms in total. The lowest BCUT2D eigenvalue weighted by molar-refractivity contribution is 0.393. The maximum absolute atomic E-state index is 14.0. The van der Waals surface area contributed by atoms with Gasteiger partial charge >= 0.3 is 0 Å². The lowest BCUT2D eigenvalue weighted by Crippen LogP contribution is -2.16. The molecule has 100 valence electrons. The SMILES string of the molecule is CN1CCC(n2ccnc2-c2c(F)cccc2Cl)C1. The molecule has 1 aromatic heterocycles. The quantitative estimate of drug-likeness (QED) is 0.842. The van der Waals surface area contributed by atoms with Crippen LogP contribution in [0.1, 0.15) is 12.5 Å². The van der Waals surface area contributed by atoms with Gasteiger partial charge < -0.3 is 9.47 Å². The number of hydrogen-bond acceptors (Lipinski definition) is 2. The summed E-state index contributed by atoms with van der Waals surface area (Å²) in [5, 5.41) is 0.402. The summed E-state index contributed by atoms with van der Waals surface area (Å²) in [6.07, 6.45) is 4.66. The maximum atomic E-state index is 14.0. The van der Waals surface area contributed by atoms with Gasteiger partial charge in [0, 0.05) is 25.0 Å². The van der Waals surface area contributed by atoms with Crippen molar-refractivity contribution in [3.63, 3.8) is 0 Å². The standard InChI is InChI=1S/C14H15ClFN3/c1-18-7-5-10(9-18)19-8-6-17-14(19)13-11(15)3-2-4-12(13)16/h2-4,6,8,10H,5,7,9H2,1H3. The minimum atomic E-state index is -0.327. The number of nitrogens with zero attached hydrogens (tertiary/aromatic N) is 3. The summed E-state index contributed by atoms with van der Waals surface area (Å²) < 4.78 is 16.0. The highest BCUT2D eigenvalue weighted by atomic mass is 35.5. The molecule has 2 heterocycles. The molecule has 0 aliphatic carbocycles. The molecule has 1 unspecified atom stereocenters. The second-order valence-electron chi connectivity index (χ2n) is 4.96. The van der Waals surface area contributed by atoms with Gasteiger partial charge in [0.15, 0.2) is 0 Å². The molecule has 1 saturated heterocycles. The van der Waals surface area contributed by atoms with Crippen LogP contribution in [0, 0.1) is 5.82 Å². The molecule has 0 saturated carbocycles. The number of halogens is 2. The second-order valence-corrected chi connectivity index (χ2v) is 5.37. The van der Waals surface area contributed by atoms with Crippen LogP contribution in [0.5, 0.6) is 0 Å². The normalized spacial score (nSPS) is 20.1. The number of rotatable bonds is 2. The Kier molecular flexibility index (Phi) is 3.29. The molecule has 1 aliphatic rings. The van der Waals surface area contributed by atoms with Crippen molar-refractivity contribution in [1.29, 1.82) is 0 Å². The highest BCUT2D eigenvalue weighted by Gasteiger charge is 2.25. The maximum Gasteiger partial charge on any atom is 0.144 e. The summed E-state index contributed by atoms with van der Waals surface area (Å²) in [6, 6.07) is 5.05. The van der Waals surface area contributed by atoms with Crippen molar-refractivity contribution in [3.8, 4) is 11.4 Å². The third-order valence-corrected chi connectivity index (χ3v) is 3.93. The number of likely N-dealkylation sites (N-methyl/N-ethyl adjacent to an activating group) is 1. The third-order valence-electron chi connectivity index (χ3n) is 3.61. The fourth-order valence-corrected chi connectivity index (χ4v) is 2.90. The van der Waals surface area contributed by atoms with E-state index in [0.29, 0.717) is 22.5 Å². The van der Waals surface area contributed by atoms with E-state index in [4.69, 9.17) is 11.6 Å². The number of likely N-dealkylation sites (tertiary alicyclic amines) is 1. The molecular formula is C14H15ClFN3. The molecule has 3 rings (SSSR count). The van der Waals surface area contributed by atoms with Gasteiger partial charge in [0.05, 0.1) is 10.6 Å². The van der Waals surface area contributed by atoms with E-state index in [-0.39, 0.29) is 5.82 Å². The average Bonchev–Trinajstić information content (AvgIpc) is 2.97. The molecule has 1 aliphatic heterocycles. The van der Waals surface area contributed by atoms with Gasteiger partial charge in [-0.15, -0.1) is 0 Å². The Morgan fingerprint density at radius 1 is 1.42 bits per heavy atom. The Morgan fingerprint density at radius 3 is 2.95 bits per heavy atom. The minimum Gasteiger partial charge on any atom is -0.326 e. The van der Waals surface area contributed by atoms with E-state index in [1.807, 2.05) is 10.8 Å². The number of benzene rings is 1. The van der Waals surface area contributed by atoms with E-state index in [1.54, 1.807) is 18.3 Å². The molecule has 0 spiro atoms. The van der Waals surface area contributed by atoms with E-state index < -0.39 is 0 Å². The molecule has 0 radical (unpaired) electrons. The topological polar surface area (TPSA) is 21.1 Å². The summed E-state index contributed by atoms with van der Waals surface area (Å²) in [5.74, 6) is 0.287. The zero-order chi connectivity index (χ0) is 13.4. The van der Waals surface area contributed by atoms with Crippen molar-refractivity contribution in [2.75, 3.05) is 20.1 Å². The summed E-state index contributed by atoms with van der Waals surface area (Å²) >= 11 is 6.12. The van der Waals surface area contributed by atoms with Gasteiger partial charge in [-0.1, -0.05) is 17.7 Å². The van der Waals surface area contributed by atoms with E-state index in [9.17, 15) is 4.39 Å². The Balaban J connectivity index is 2.05. The van der Waals surface area contributed by atoms with Gasteiger partial charge in [0.2, 0.25) is 0 Å². The van der Waals surface area contributed by atoms with Gasteiger partial charge in [-0.05, 0) is 32.1 Å². The van der Waals surface area contributed by atoms with Gasteiger partial charge in [-0.3, -0.25) is 0 Å². The van der Waals surface area contributed by atoms with Crippen LogP contribution >= 0.6 is 11.6 Å². The van der Waals surface area contributed by atoms with E-state index in [2.05, 4.69) is 16.9 Å². The second kappa shape index (κ2) is 4.94. The van der Waals surface area contributed by atoms with Gasteiger partial charge in [0.1, 0.15) is 11.6 Å². The average molecular weight is 280 g/mol. The van der Waals surface area contributed by atoms with Crippen molar-refractivity contribution in [2.24, 2.45) is 0 Å². The number of imidazole rings is 1. The van der Waals surface area contributed by atoms with E-state index >= 15 is 0 Å². The minimum absolute atomic E-state index is 0.327. The van der Waals surface area contributed by atoms with Crippen molar-refractivity contribution < 1.29 is 4.39 Å². The summed E-state index contributed by atoms with van der Waals surface area (Å²) in [6.45, 7) is 2.00. The molecule has 1 atom stereocenters. The van der Waals surface area contributed by atoms with Crippen LogP contribution in [0.15, 0.2) is 30.6 Å². The molecule has 19 heavy (non-hydrogen) atoms. The fourth-order valence-electron chi connectivity index (χ4n) is 2.65. The molecule has 0 bridgehead atoms. The van der Waals surface area contributed by atoms with Crippen molar-refractivity contribution in [3.05, 3.63) is 41.4 Å². The zero-order valence-corrected chi connectivity index (χ0v) is 11.4. The first-order valence-electron chi connectivity index (χ1n) is 6.32. The fraction of sp³-hybridized carbons (Fsp3) is 0.357. The Morgan fingerprint density at radius 2 is 2.26 bits per heavy atom. The van der Waals surface area contributed by atoms with Gasteiger partial charge in [-0.2, -0.15) is 0 Å². The predicted octanol–water partition coefficient (Wildman–Crippen LogP) is 3.22. The highest BCUT2D eigenvalue weighted by molar-refractivity contribution is 6.33. The molecule has 1 aromatic carbocycles. The molecular weight excluding hydrogens is 265 g/mol. The van der Waals surface area contributed by atoms with Crippen LogP contribution in [0.25, 0.3) is 11.4 Å². The largest absolute Gasteiger partial charge is 0.326 e. The third kappa shape index (κ3) is 2.26. The molecule has 5 heteroatoms. The first-order chi connectivity index (χ1) is 9.16. The van der Waals surface area contributed by atoms with Gasteiger partial charge in [0.25, 0.3) is 0 Å². The smallest absolute Gasteiger partial charge is 0.144 e. The van der Waals surface area contributed by atoms with Crippen molar-refractivity contribution in [1.82, 2.24) is 14.5 Å². The first-order valence-corrected chi connectivity index (χ1v) is 6.70. The van der Waals surface area contributed by atoms with Crippen LogP contribution in [-0.2, 0) is 0 Å². The van der Waals surface area contributed by atoms with Crippen molar-refractivity contribution >= 4 is 11.6 Å². The van der Waals surface area contributed by atoms with E-state index in [0.717, 1.165) is 19.5 Å². The van der Waals surface area contributed by atoms with E-state index in [1.165, 1.54) is 6.07 Å². The number of aromatic nitrogens is 2. The lowest BCUT2D eigenvalue weighted by atomic mass is 10.1. The predicted molar refractivity (Wildman–Crippen MR) is 73.8 cm³/mol. The molecule has 0 amide bonds.